The molecule has 0 radical (unpaired) electrons. The van der Waals surface area contributed by atoms with E-state index in [1.807, 2.05) is 45.0 Å². The molecule has 0 saturated carbocycles. The number of aromatic nitrogens is 2. The smallest absolute Gasteiger partial charge is 0.187 e. The van der Waals surface area contributed by atoms with Gasteiger partial charge in [0.2, 0.25) is 0 Å². The maximum atomic E-state index is 14.4. The van der Waals surface area contributed by atoms with Gasteiger partial charge < -0.3 is 10.1 Å². The number of rotatable bonds is 4. The molecule has 2 rings (SSSR count). The molecule has 112 valence electrons. The lowest BCUT2D eigenvalue weighted by Gasteiger charge is -2.19. The SMILES string of the molecule is COc1cccc(CNc2ncnc(C(C)(C)C)c2F)c1. The molecule has 2 aromatic rings. The van der Waals surface area contributed by atoms with Crippen LogP contribution in [0, 0.1) is 5.82 Å². The lowest BCUT2D eigenvalue weighted by atomic mass is 9.91. The van der Waals surface area contributed by atoms with Gasteiger partial charge >= 0.3 is 0 Å². The zero-order valence-electron chi connectivity index (χ0n) is 12.8. The first-order chi connectivity index (χ1) is 9.91. The van der Waals surface area contributed by atoms with Gasteiger partial charge in [0, 0.05) is 12.0 Å². The first-order valence-corrected chi connectivity index (χ1v) is 6.79. The number of hydrogen-bond acceptors (Lipinski definition) is 4. The van der Waals surface area contributed by atoms with Gasteiger partial charge in [-0.05, 0) is 17.7 Å². The van der Waals surface area contributed by atoms with Crippen LogP contribution in [0.15, 0.2) is 30.6 Å². The number of methoxy groups -OCH3 is 1. The molecule has 21 heavy (non-hydrogen) atoms. The Labute approximate surface area is 124 Å². The number of halogens is 1. The topological polar surface area (TPSA) is 47.0 Å². The fourth-order valence-corrected chi connectivity index (χ4v) is 1.98. The molecular weight excluding hydrogens is 269 g/mol. The number of nitrogens with zero attached hydrogens (tertiary/aromatic N) is 2. The second kappa shape index (κ2) is 6.08. The molecule has 0 spiro atoms. The van der Waals surface area contributed by atoms with Crippen molar-refractivity contribution in [3.05, 3.63) is 47.7 Å². The molecule has 0 unspecified atom stereocenters. The van der Waals surface area contributed by atoms with Crippen LogP contribution in [-0.2, 0) is 12.0 Å². The Balaban J connectivity index is 2.17. The number of benzene rings is 1. The summed E-state index contributed by atoms with van der Waals surface area (Å²) in [7, 11) is 1.62. The zero-order chi connectivity index (χ0) is 15.5. The van der Waals surface area contributed by atoms with E-state index in [-0.39, 0.29) is 11.2 Å². The quantitative estimate of drug-likeness (QED) is 0.935. The highest BCUT2D eigenvalue weighted by Crippen LogP contribution is 2.25. The summed E-state index contributed by atoms with van der Waals surface area (Å²) in [4.78, 5) is 8.03. The number of hydrogen-bond donors (Lipinski definition) is 1. The minimum absolute atomic E-state index is 0.220. The Morgan fingerprint density at radius 2 is 2.00 bits per heavy atom. The van der Waals surface area contributed by atoms with Gasteiger partial charge in [-0.25, -0.2) is 14.4 Å². The van der Waals surface area contributed by atoms with E-state index in [0.717, 1.165) is 11.3 Å². The van der Waals surface area contributed by atoms with Crippen molar-refractivity contribution in [1.82, 2.24) is 9.97 Å². The van der Waals surface area contributed by atoms with Crippen molar-refractivity contribution in [2.45, 2.75) is 32.7 Å². The standard InChI is InChI=1S/C16H20FN3O/c1-16(2,3)14-13(17)15(20-10-19-14)18-9-11-6-5-7-12(8-11)21-4/h5-8,10H,9H2,1-4H3,(H,18,19,20). The highest BCUT2D eigenvalue weighted by molar-refractivity contribution is 5.40. The van der Waals surface area contributed by atoms with Crippen LogP contribution >= 0.6 is 0 Å². The van der Waals surface area contributed by atoms with E-state index in [1.165, 1.54) is 6.33 Å². The second-order valence-corrected chi connectivity index (χ2v) is 5.84. The average Bonchev–Trinajstić information content (AvgIpc) is 2.45. The summed E-state index contributed by atoms with van der Waals surface area (Å²) in [6.07, 6.45) is 1.39. The second-order valence-electron chi connectivity index (χ2n) is 5.84. The molecule has 0 atom stereocenters. The minimum Gasteiger partial charge on any atom is -0.497 e. The van der Waals surface area contributed by atoms with Crippen LogP contribution in [0.4, 0.5) is 10.2 Å². The average molecular weight is 289 g/mol. The molecule has 1 aromatic carbocycles. The van der Waals surface area contributed by atoms with Crippen LogP contribution in [0.25, 0.3) is 0 Å². The van der Waals surface area contributed by atoms with E-state index in [2.05, 4.69) is 15.3 Å². The molecular formula is C16H20FN3O. The number of anilines is 1. The number of ether oxygens (including phenoxy) is 1. The van der Waals surface area contributed by atoms with Crippen molar-refractivity contribution in [3.63, 3.8) is 0 Å². The van der Waals surface area contributed by atoms with Crippen LogP contribution in [0.5, 0.6) is 5.75 Å². The van der Waals surface area contributed by atoms with E-state index < -0.39 is 5.82 Å². The predicted octanol–water partition coefficient (Wildman–Crippen LogP) is 3.53. The van der Waals surface area contributed by atoms with Gasteiger partial charge in [-0.2, -0.15) is 0 Å². The van der Waals surface area contributed by atoms with E-state index in [9.17, 15) is 4.39 Å². The summed E-state index contributed by atoms with van der Waals surface area (Å²) in [6, 6.07) is 7.61. The van der Waals surface area contributed by atoms with E-state index in [0.29, 0.717) is 12.2 Å². The van der Waals surface area contributed by atoms with Crippen LogP contribution in [-0.4, -0.2) is 17.1 Å². The summed E-state index contributed by atoms with van der Waals surface area (Å²) in [6.45, 7) is 6.23. The van der Waals surface area contributed by atoms with Crippen LogP contribution in [0.3, 0.4) is 0 Å². The summed E-state index contributed by atoms with van der Waals surface area (Å²) in [5, 5.41) is 3.01. The molecule has 0 fully saturated rings. The summed E-state index contributed by atoms with van der Waals surface area (Å²) in [5.41, 5.74) is 1.04. The van der Waals surface area contributed by atoms with E-state index in [4.69, 9.17) is 4.74 Å². The highest BCUT2D eigenvalue weighted by Gasteiger charge is 2.22. The Morgan fingerprint density at radius 1 is 1.24 bits per heavy atom. The molecule has 1 heterocycles. The Hall–Kier alpha value is -2.17. The van der Waals surface area contributed by atoms with Crippen molar-refractivity contribution in [3.8, 4) is 5.75 Å². The molecule has 0 aliphatic heterocycles. The monoisotopic (exact) mass is 289 g/mol. The van der Waals surface area contributed by atoms with Gasteiger partial charge in [0.1, 0.15) is 12.1 Å². The maximum absolute atomic E-state index is 14.4. The molecule has 0 aliphatic carbocycles. The molecule has 1 N–H and O–H groups in total. The first kappa shape index (κ1) is 15.2. The lowest BCUT2D eigenvalue weighted by molar-refractivity contribution is 0.414. The van der Waals surface area contributed by atoms with Crippen LogP contribution < -0.4 is 10.1 Å². The third-order valence-electron chi connectivity index (χ3n) is 3.09. The molecule has 0 aliphatic rings. The molecule has 1 aromatic heterocycles. The maximum Gasteiger partial charge on any atom is 0.187 e. The predicted molar refractivity (Wildman–Crippen MR) is 81.0 cm³/mol. The van der Waals surface area contributed by atoms with Gasteiger partial charge in [-0.3, -0.25) is 0 Å². The van der Waals surface area contributed by atoms with Gasteiger partial charge in [0.25, 0.3) is 0 Å². The minimum atomic E-state index is -0.395. The fourth-order valence-electron chi connectivity index (χ4n) is 1.98. The molecule has 0 bridgehead atoms. The lowest BCUT2D eigenvalue weighted by Crippen LogP contribution is -2.18. The Morgan fingerprint density at radius 3 is 2.67 bits per heavy atom. The van der Waals surface area contributed by atoms with Gasteiger partial charge in [-0.1, -0.05) is 32.9 Å². The normalized spacial score (nSPS) is 11.3. The van der Waals surface area contributed by atoms with Crippen LogP contribution in [0.2, 0.25) is 0 Å². The van der Waals surface area contributed by atoms with E-state index >= 15 is 0 Å². The molecule has 0 saturated heterocycles. The van der Waals surface area contributed by atoms with Crippen molar-refractivity contribution in [1.29, 1.82) is 0 Å². The Kier molecular flexibility index (Phi) is 4.40. The highest BCUT2D eigenvalue weighted by atomic mass is 19.1. The van der Waals surface area contributed by atoms with Crippen molar-refractivity contribution >= 4 is 5.82 Å². The van der Waals surface area contributed by atoms with Gasteiger partial charge in [0.15, 0.2) is 11.6 Å². The van der Waals surface area contributed by atoms with Gasteiger partial charge in [-0.15, -0.1) is 0 Å². The number of nitrogens with one attached hydrogen (secondary N) is 1. The molecule has 4 nitrogen and oxygen atoms in total. The fraction of sp³-hybridized carbons (Fsp3) is 0.375. The van der Waals surface area contributed by atoms with Crippen molar-refractivity contribution in [2.75, 3.05) is 12.4 Å². The summed E-state index contributed by atoms with van der Waals surface area (Å²) in [5.74, 6) is 0.596. The van der Waals surface area contributed by atoms with Crippen molar-refractivity contribution in [2.24, 2.45) is 0 Å². The third kappa shape index (κ3) is 3.68. The van der Waals surface area contributed by atoms with E-state index in [1.54, 1.807) is 7.11 Å². The molecule has 0 amide bonds. The van der Waals surface area contributed by atoms with Crippen LogP contribution in [0.1, 0.15) is 32.0 Å². The summed E-state index contributed by atoms with van der Waals surface area (Å²) >= 11 is 0. The van der Waals surface area contributed by atoms with Crippen molar-refractivity contribution < 1.29 is 9.13 Å². The molecule has 5 heteroatoms. The first-order valence-electron chi connectivity index (χ1n) is 6.79. The summed E-state index contributed by atoms with van der Waals surface area (Å²) < 4.78 is 19.6. The Bertz CT molecular complexity index is 623. The van der Waals surface area contributed by atoms with Gasteiger partial charge in [0.05, 0.1) is 12.8 Å². The largest absolute Gasteiger partial charge is 0.497 e. The third-order valence-corrected chi connectivity index (χ3v) is 3.09. The zero-order valence-corrected chi connectivity index (χ0v) is 12.8.